The van der Waals surface area contributed by atoms with Crippen molar-refractivity contribution < 1.29 is 34.1 Å². The van der Waals surface area contributed by atoms with Gasteiger partial charge >= 0.3 is 11.9 Å². The van der Waals surface area contributed by atoms with Crippen molar-refractivity contribution in [2.24, 2.45) is 55.7 Å². The molecule has 1 aromatic carbocycles. The van der Waals surface area contributed by atoms with Crippen LogP contribution in [0.15, 0.2) is 35.4 Å². The Morgan fingerprint density at radius 2 is 1.58 bits per heavy atom. The van der Waals surface area contributed by atoms with E-state index in [-0.39, 0.29) is 69.7 Å². The van der Waals surface area contributed by atoms with Crippen molar-refractivity contribution in [1.82, 2.24) is 4.90 Å². The third-order valence-corrected chi connectivity index (χ3v) is 17.9. The van der Waals surface area contributed by atoms with Gasteiger partial charge < -0.3 is 19.8 Å². The predicted octanol–water partition coefficient (Wildman–Crippen LogP) is 9.20. The van der Waals surface area contributed by atoms with Crippen LogP contribution in [0.25, 0.3) is 0 Å². The second-order valence-corrected chi connectivity index (χ2v) is 21.2. The molecule has 2 N–H and O–H groups in total. The third-order valence-electron chi connectivity index (χ3n) is 17.6. The molecule has 5 fully saturated rings. The number of ketones is 1. The first-order chi connectivity index (χ1) is 25.5. The number of ether oxygens (including phenoxy) is 1. The highest BCUT2D eigenvalue weighted by Gasteiger charge is 2.82. The fourth-order valence-corrected chi connectivity index (χ4v) is 14.3. The Hall–Kier alpha value is -2.71. The summed E-state index contributed by atoms with van der Waals surface area (Å²) in [7, 11) is 0. The summed E-state index contributed by atoms with van der Waals surface area (Å²) in [5.74, 6) is -0.682. The predicted molar refractivity (Wildman–Crippen MR) is 212 cm³/mol. The third kappa shape index (κ3) is 5.74. The zero-order valence-corrected chi connectivity index (χ0v) is 35.4. The van der Waals surface area contributed by atoms with E-state index in [0.717, 1.165) is 68.9 Å². The number of carbonyl (C=O) groups excluding carboxylic acids is 3. The van der Waals surface area contributed by atoms with Gasteiger partial charge in [0.05, 0.1) is 17.9 Å². The summed E-state index contributed by atoms with van der Waals surface area (Å²) >= 11 is 6.14. The first kappa shape index (κ1) is 40.5. The minimum Gasteiger partial charge on any atom is -0.481 e. The van der Waals surface area contributed by atoms with Crippen molar-refractivity contribution in [3.8, 4) is 0 Å². The second-order valence-electron chi connectivity index (χ2n) is 20.8. The average molecular weight is 778 g/mol. The molecule has 0 aliphatic heterocycles. The number of halogens is 1. The molecule has 9 heteroatoms. The molecule has 6 aliphatic carbocycles. The Balaban J connectivity index is 1.17. The Bertz CT molecular complexity index is 1820. The fourth-order valence-electron chi connectivity index (χ4n) is 14.2. The summed E-state index contributed by atoms with van der Waals surface area (Å²) in [6.45, 7) is 19.4. The van der Waals surface area contributed by atoms with E-state index in [2.05, 4.69) is 41.5 Å². The van der Waals surface area contributed by atoms with Crippen molar-refractivity contribution in [2.45, 2.75) is 152 Å². The number of allylic oxidation sites excluding steroid dienone is 1. The molecule has 1 unspecified atom stereocenters. The normalized spacial score (nSPS) is 39.6. The summed E-state index contributed by atoms with van der Waals surface area (Å²) in [6.07, 6.45) is 7.66. The fraction of sp³-hybridized carbons (Fsp3) is 0.739. The molecule has 0 bridgehead atoms. The quantitative estimate of drug-likeness (QED) is 0.227. The highest BCUT2D eigenvalue weighted by atomic mass is 35.5. The monoisotopic (exact) mass is 777 g/mol. The lowest BCUT2D eigenvalue weighted by atomic mass is 9.33. The van der Waals surface area contributed by atoms with Crippen molar-refractivity contribution in [1.29, 1.82) is 0 Å². The van der Waals surface area contributed by atoms with E-state index in [0.29, 0.717) is 23.9 Å². The molecule has 7 rings (SSSR count). The molecule has 0 heterocycles. The van der Waals surface area contributed by atoms with Gasteiger partial charge in [0.25, 0.3) is 0 Å². The van der Waals surface area contributed by atoms with Crippen LogP contribution in [0.1, 0.15) is 139 Å². The molecule has 10 atom stereocenters. The topological polar surface area (TPSA) is 121 Å². The van der Waals surface area contributed by atoms with E-state index in [4.69, 9.17) is 16.3 Å². The maximum Gasteiger partial charge on any atom is 0.309 e. The molecule has 302 valence electrons. The Kier molecular flexibility index (Phi) is 9.69. The van der Waals surface area contributed by atoms with Gasteiger partial charge in [-0.05, 0) is 134 Å². The van der Waals surface area contributed by atoms with Gasteiger partial charge in [0, 0.05) is 42.3 Å². The first-order valence-corrected chi connectivity index (χ1v) is 21.3. The number of hydrogen-bond acceptors (Lipinski definition) is 6. The van der Waals surface area contributed by atoms with Gasteiger partial charge in [0.2, 0.25) is 5.91 Å². The Morgan fingerprint density at radius 3 is 2.20 bits per heavy atom. The van der Waals surface area contributed by atoms with Crippen molar-refractivity contribution in [2.75, 3.05) is 6.54 Å². The number of carbonyl (C=O) groups is 4. The van der Waals surface area contributed by atoms with Crippen molar-refractivity contribution in [3.05, 3.63) is 46.0 Å². The lowest BCUT2D eigenvalue weighted by Crippen LogP contribution is -2.65. The smallest absolute Gasteiger partial charge is 0.309 e. The van der Waals surface area contributed by atoms with Gasteiger partial charge in [0.15, 0.2) is 5.78 Å². The molecule has 0 radical (unpaired) electrons. The number of fused-ring (bicyclic) bond motifs is 6. The van der Waals surface area contributed by atoms with Crippen LogP contribution in [0.2, 0.25) is 5.02 Å². The molecule has 8 nitrogen and oxygen atoms in total. The van der Waals surface area contributed by atoms with E-state index >= 15 is 0 Å². The van der Waals surface area contributed by atoms with Crippen molar-refractivity contribution >= 4 is 35.2 Å². The molecule has 1 amide bonds. The lowest BCUT2D eigenvalue weighted by molar-refractivity contribution is -0.221. The number of carboxylic acid groups (broad SMARTS) is 1. The summed E-state index contributed by atoms with van der Waals surface area (Å²) in [6, 6.07) is 7.46. The SMILES string of the molecule is CC(=O)N(Cc1ccc(Cl)cc1)C[C@@H](O)[C@@]12CC[C@]3(C)[C@H](CC[C@@H]4[C@@]5(C)CC[C@H](OC(=O)CC(C)(C)C(=O)O)C6(C)C[C@]65CC[C@]43C)C1=C(C(C)C)C(=O)C2. The van der Waals surface area contributed by atoms with Crippen LogP contribution < -0.4 is 0 Å². The summed E-state index contributed by atoms with van der Waals surface area (Å²) in [4.78, 5) is 53.9. The van der Waals surface area contributed by atoms with E-state index in [1.54, 1.807) is 25.7 Å². The van der Waals surface area contributed by atoms with Crippen molar-refractivity contribution in [3.63, 3.8) is 0 Å². The van der Waals surface area contributed by atoms with Crippen LogP contribution >= 0.6 is 11.6 Å². The number of Topliss-reactive ketones (excluding diaryl/α,β-unsaturated/α-hetero) is 1. The number of amides is 1. The minimum atomic E-state index is -1.17. The van der Waals surface area contributed by atoms with Crippen LogP contribution in [0, 0.1) is 55.7 Å². The van der Waals surface area contributed by atoms with Gasteiger partial charge in [0.1, 0.15) is 6.10 Å². The number of nitrogens with zero attached hydrogens (tertiary/aromatic N) is 1. The molecular weight excluding hydrogens is 714 g/mol. The second kappa shape index (κ2) is 13.2. The van der Waals surface area contributed by atoms with Crippen LogP contribution in [-0.2, 0) is 30.5 Å². The standard InChI is InChI=1S/C46H64ClNO7/c1-27(2)37-32(50)22-45(34(51)25-48(28(3)49)24-29-10-12-30(47)13-11-29)20-18-41(6)31(38(37)45)14-15-33-42(41,7)19-21-46-26-44(46,9)35(16-17-43(33,46)8)55-36(52)23-40(4,5)39(53)54/h10-13,27,31,33-35,51H,14-26H2,1-9H3,(H,53,54)/t31-,33+,34-,35+,41-,42-,43-,44?,45+,46+/m1/s1. The molecule has 55 heavy (non-hydrogen) atoms. The highest BCUT2D eigenvalue weighted by molar-refractivity contribution is 6.30. The Labute approximate surface area is 333 Å². The van der Waals surface area contributed by atoms with Gasteiger partial charge in [-0.2, -0.15) is 0 Å². The van der Waals surface area contributed by atoms with E-state index in [1.165, 1.54) is 5.57 Å². The minimum absolute atomic E-state index is 0.00623. The average Bonchev–Trinajstić information content (AvgIpc) is 3.62. The van der Waals surface area contributed by atoms with E-state index in [9.17, 15) is 29.4 Å². The van der Waals surface area contributed by atoms with Crippen LogP contribution in [0.5, 0.6) is 0 Å². The number of aliphatic hydroxyl groups excluding tert-OH is 1. The zero-order chi connectivity index (χ0) is 40.3. The number of aliphatic hydroxyl groups is 1. The molecule has 1 aromatic rings. The number of hydrogen-bond donors (Lipinski definition) is 2. The van der Waals surface area contributed by atoms with Gasteiger partial charge in [-0.1, -0.05) is 70.8 Å². The molecule has 0 saturated heterocycles. The summed E-state index contributed by atoms with van der Waals surface area (Å²) in [5, 5.41) is 22.7. The summed E-state index contributed by atoms with van der Waals surface area (Å²) in [5.41, 5.74) is 1.13. The zero-order valence-electron chi connectivity index (χ0n) is 34.6. The first-order valence-electron chi connectivity index (χ1n) is 20.9. The summed E-state index contributed by atoms with van der Waals surface area (Å²) < 4.78 is 6.20. The Morgan fingerprint density at radius 1 is 0.927 bits per heavy atom. The van der Waals surface area contributed by atoms with Gasteiger partial charge in [-0.15, -0.1) is 0 Å². The lowest BCUT2D eigenvalue weighted by Gasteiger charge is -2.71. The number of benzene rings is 1. The number of rotatable bonds is 10. The highest BCUT2D eigenvalue weighted by Crippen LogP contribution is 2.87. The van der Waals surface area contributed by atoms with E-state index < -0.39 is 28.9 Å². The van der Waals surface area contributed by atoms with Gasteiger partial charge in [-0.25, -0.2) is 0 Å². The number of carboxylic acids is 1. The molecular formula is C46H64ClNO7. The van der Waals surface area contributed by atoms with Crippen LogP contribution in [0.4, 0.5) is 0 Å². The molecule has 6 aliphatic rings. The van der Waals surface area contributed by atoms with E-state index in [1.807, 2.05) is 24.3 Å². The maximum absolute atomic E-state index is 14.2. The number of aliphatic carboxylic acids is 1. The maximum atomic E-state index is 14.2. The molecule has 0 aromatic heterocycles. The van der Waals surface area contributed by atoms with Crippen LogP contribution in [0.3, 0.4) is 0 Å². The van der Waals surface area contributed by atoms with Crippen LogP contribution in [-0.4, -0.2) is 57.5 Å². The largest absolute Gasteiger partial charge is 0.481 e. The number of esters is 1. The molecule has 1 spiro atoms. The van der Waals surface area contributed by atoms with Gasteiger partial charge in [-0.3, -0.25) is 19.2 Å². The molecule has 5 saturated carbocycles.